The van der Waals surface area contributed by atoms with Gasteiger partial charge in [-0.25, -0.2) is 0 Å². The maximum Gasteiger partial charge on any atom is 0.323 e. The minimum absolute atomic E-state index is 0.0494. The van der Waals surface area contributed by atoms with Gasteiger partial charge in [-0.3, -0.25) is 9.69 Å². The molecule has 0 N–H and O–H groups in total. The lowest BCUT2D eigenvalue weighted by molar-refractivity contribution is -0.151. The summed E-state index contributed by atoms with van der Waals surface area (Å²) in [6.07, 6.45) is 13.0. The Morgan fingerprint density at radius 1 is 1.10 bits per heavy atom. The Bertz CT molecular complexity index is 334. The average Bonchev–Trinajstić information content (AvgIpc) is 2.92. The van der Waals surface area contributed by atoms with Gasteiger partial charge in [0.25, 0.3) is 0 Å². The summed E-state index contributed by atoms with van der Waals surface area (Å²) in [5.74, 6) is 1.41. The molecular formula is C17H29NO2. The predicted octanol–water partition coefficient (Wildman–Crippen LogP) is 3.37. The maximum atomic E-state index is 12.3. The van der Waals surface area contributed by atoms with Crippen molar-refractivity contribution in [3.8, 4) is 0 Å². The van der Waals surface area contributed by atoms with Crippen LogP contribution in [-0.4, -0.2) is 36.6 Å². The van der Waals surface area contributed by atoms with Crippen LogP contribution < -0.4 is 0 Å². The first kappa shape index (κ1) is 14.4. The Kier molecular flexibility index (Phi) is 4.65. The Balaban J connectivity index is 1.41. The standard InChI is InChI=1S/C17H29NO2/c1-18-15-9-8-14(12-15)16(18)17(19)20-11-10-13-6-4-2-3-5-7-13/h13-16H,2-12H2,1H3. The largest absolute Gasteiger partial charge is 0.465 e. The smallest absolute Gasteiger partial charge is 0.323 e. The van der Waals surface area contributed by atoms with Crippen LogP contribution in [0.2, 0.25) is 0 Å². The SMILES string of the molecule is CN1C2CCC(C2)C1C(=O)OCCC1CCCCCC1. The van der Waals surface area contributed by atoms with E-state index < -0.39 is 0 Å². The van der Waals surface area contributed by atoms with Crippen LogP contribution in [0.1, 0.15) is 64.2 Å². The van der Waals surface area contributed by atoms with Crippen LogP contribution >= 0.6 is 0 Å². The van der Waals surface area contributed by atoms with Crippen molar-refractivity contribution in [1.82, 2.24) is 4.90 Å². The summed E-state index contributed by atoms with van der Waals surface area (Å²) < 4.78 is 5.61. The number of likely N-dealkylation sites (tertiary alicyclic amines) is 1. The second-order valence-electron chi connectivity index (χ2n) is 7.15. The fourth-order valence-corrected chi connectivity index (χ4v) is 4.63. The molecule has 3 unspecified atom stereocenters. The van der Waals surface area contributed by atoms with Crippen LogP contribution in [0.15, 0.2) is 0 Å². The minimum Gasteiger partial charge on any atom is -0.465 e. The Morgan fingerprint density at radius 2 is 1.85 bits per heavy atom. The van der Waals surface area contributed by atoms with E-state index in [0.29, 0.717) is 18.6 Å². The first-order valence-electron chi connectivity index (χ1n) is 8.64. The van der Waals surface area contributed by atoms with E-state index in [1.165, 1.54) is 57.8 Å². The monoisotopic (exact) mass is 279 g/mol. The van der Waals surface area contributed by atoms with E-state index in [1.54, 1.807) is 0 Å². The van der Waals surface area contributed by atoms with Gasteiger partial charge < -0.3 is 4.74 Å². The molecule has 3 nitrogen and oxygen atoms in total. The molecule has 2 saturated carbocycles. The maximum absolute atomic E-state index is 12.3. The molecule has 3 heteroatoms. The number of esters is 1. The molecule has 0 amide bonds. The fourth-order valence-electron chi connectivity index (χ4n) is 4.63. The van der Waals surface area contributed by atoms with Crippen molar-refractivity contribution < 1.29 is 9.53 Å². The highest BCUT2D eigenvalue weighted by atomic mass is 16.5. The summed E-state index contributed by atoms with van der Waals surface area (Å²) in [5.41, 5.74) is 0. The van der Waals surface area contributed by atoms with E-state index >= 15 is 0 Å². The lowest BCUT2D eigenvalue weighted by Crippen LogP contribution is -2.44. The molecule has 20 heavy (non-hydrogen) atoms. The second-order valence-corrected chi connectivity index (χ2v) is 7.15. The molecule has 0 spiro atoms. The van der Waals surface area contributed by atoms with Gasteiger partial charge in [0, 0.05) is 6.04 Å². The number of carbonyl (C=O) groups excluding carboxylic acids is 1. The van der Waals surface area contributed by atoms with E-state index in [2.05, 4.69) is 11.9 Å². The van der Waals surface area contributed by atoms with Crippen molar-refractivity contribution in [3.63, 3.8) is 0 Å². The molecule has 1 aliphatic heterocycles. The third kappa shape index (κ3) is 3.03. The Labute approximate surface area is 123 Å². The molecule has 3 aliphatic rings. The second kappa shape index (κ2) is 6.46. The van der Waals surface area contributed by atoms with Gasteiger partial charge in [-0.15, -0.1) is 0 Å². The number of fused-ring (bicyclic) bond motifs is 2. The number of hydrogen-bond acceptors (Lipinski definition) is 3. The number of ether oxygens (including phenoxy) is 1. The minimum atomic E-state index is 0.0494. The number of carbonyl (C=O) groups is 1. The number of piperidine rings is 1. The third-order valence-electron chi connectivity index (χ3n) is 5.89. The van der Waals surface area contributed by atoms with Gasteiger partial charge in [-0.05, 0) is 44.6 Å². The van der Waals surface area contributed by atoms with Gasteiger partial charge in [0.2, 0.25) is 0 Å². The molecule has 1 heterocycles. The van der Waals surface area contributed by atoms with Gasteiger partial charge in [-0.2, -0.15) is 0 Å². The molecule has 1 saturated heterocycles. The van der Waals surface area contributed by atoms with Crippen LogP contribution in [0.4, 0.5) is 0 Å². The average molecular weight is 279 g/mol. The van der Waals surface area contributed by atoms with Crippen molar-refractivity contribution in [2.24, 2.45) is 11.8 Å². The summed E-state index contributed by atoms with van der Waals surface area (Å²) in [6.45, 7) is 0.644. The lowest BCUT2D eigenvalue weighted by atomic mass is 9.97. The fraction of sp³-hybridized carbons (Fsp3) is 0.941. The van der Waals surface area contributed by atoms with Crippen molar-refractivity contribution in [2.45, 2.75) is 76.3 Å². The predicted molar refractivity (Wildman–Crippen MR) is 79.4 cm³/mol. The van der Waals surface area contributed by atoms with Gasteiger partial charge in [0.1, 0.15) is 6.04 Å². The lowest BCUT2D eigenvalue weighted by Gasteiger charge is -2.30. The molecule has 0 aromatic carbocycles. The molecule has 0 aromatic rings. The molecule has 3 rings (SSSR count). The van der Waals surface area contributed by atoms with Crippen LogP contribution in [0.3, 0.4) is 0 Å². The molecule has 2 bridgehead atoms. The van der Waals surface area contributed by atoms with Crippen LogP contribution in [0.25, 0.3) is 0 Å². The van der Waals surface area contributed by atoms with Crippen molar-refractivity contribution >= 4 is 5.97 Å². The molecule has 3 atom stereocenters. The van der Waals surface area contributed by atoms with Crippen molar-refractivity contribution in [2.75, 3.05) is 13.7 Å². The topological polar surface area (TPSA) is 29.5 Å². The Hall–Kier alpha value is -0.570. The normalized spacial score (nSPS) is 35.1. The summed E-state index contributed by atoms with van der Waals surface area (Å²) in [6, 6.07) is 0.697. The molecule has 2 aliphatic carbocycles. The summed E-state index contributed by atoms with van der Waals surface area (Å²) in [4.78, 5) is 14.6. The van der Waals surface area contributed by atoms with Crippen LogP contribution in [0.5, 0.6) is 0 Å². The Morgan fingerprint density at radius 3 is 2.50 bits per heavy atom. The first-order chi connectivity index (χ1) is 9.75. The summed E-state index contributed by atoms with van der Waals surface area (Å²) >= 11 is 0. The molecule has 114 valence electrons. The summed E-state index contributed by atoms with van der Waals surface area (Å²) in [5, 5.41) is 0. The van der Waals surface area contributed by atoms with E-state index in [4.69, 9.17) is 4.74 Å². The molecule has 3 fully saturated rings. The zero-order valence-electron chi connectivity index (χ0n) is 12.9. The highest BCUT2D eigenvalue weighted by molar-refractivity contribution is 5.77. The first-order valence-corrected chi connectivity index (χ1v) is 8.64. The van der Waals surface area contributed by atoms with E-state index in [0.717, 1.165) is 12.3 Å². The van der Waals surface area contributed by atoms with Gasteiger partial charge in [-0.1, -0.05) is 38.5 Å². The molecule has 0 aromatic heterocycles. The van der Waals surface area contributed by atoms with E-state index in [-0.39, 0.29) is 12.0 Å². The third-order valence-corrected chi connectivity index (χ3v) is 5.89. The van der Waals surface area contributed by atoms with Crippen LogP contribution in [-0.2, 0) is 9.53 Å². The molecule has 0 radical (unpaired) electrons. The number of hydrogen-bond donors (Lipinski definition) is 0. The number of rotatable bonds is 4. The highest BCUT2D eigenvalue weighted by Gasteiger charge is 2.48. The van der Waals surface area contributed by atoms with Gasteiger partial charge >= 0.3 is 5.97 Å². The van der Waals surface area contributed by atoms with Crippen molar-refractivity contribution in [3.05, 3.63) is 0 Å². The molecular weight excluding hydrogens is 250 g/mol. The van der Waals surface area contributed by atoms with Gasteiger partial charge in [0.15, 0.2) is 0 Å². The summed E-state index contributed by atoms with van der Waals surface area (Å²) in [7, 11) is 2.10. The zero-order chi connectivity index (χ0) is 13.9. The van der Waals surface area contributed by atoms with Crippen LogP contribution in [0, 0.1) is 11.8 Å². The van der Waals surface area contributed by atoms with E-state index in [1.807, 2.05) is 0 Å². The quantitative estimate of drug-likeness (QED) is 0.583. The highest BCUT2D eigenvalue weighted by Crippen LogP contribution is 2.41. The zero-order valence-corrected chi connectivity index (χ0v) is 12.9. The van der Waals surface area contributed by atoms with Crippen molar-refractivity contribution in [1.29, 1.82) is 0 Å². The number of likely N-dealkylation sites (N-methyl/N-ethyl adjacent to an activating group) is 1. The van der Waals surface area contributed by atoms with E-state index in [9.17, 15) is 4.79 Å². The van der Waals surface area contributed by atoms with Gasteiger partial charge in [0.05, 0.1) is 6.61 Å². The number of nitrogens with zero attached hydrogens (tertiary/aromatic N) is 1.